The summed E-state index contributed by atoms with van der Waals surface area (Å²) in [7, 11) is -33.8. The number of nitrogens with zero attached hydrogens (tertiary/aromatic N) is 12. The highest BCUT2D eigenvalue weighted by Crippen LogP contribution is 2.25. The molecule has 0 amide bonds. The maximum absolute atomic E-state index is 10.1. The molecular formula is C108H168F6N12O18P6. The molecule has 30 nitrogen and oxygen atoms in total. The van der Waals surface area contributed by atoms with Gasteiger partial charge in [-0.15, -0.1) is 0 Å². The highest BCUT2D eigenvalue weighted by molar-refractivity contribution is 7.43. The minimum Gasteiger partial charge on any atom is -0.786 e. The standard InChI is InChI=1S/12C9H14N.6FH2O3P/c12*1-3-6-10-7-4-9(2)5-8-10;6*1-5(2,3)4/h12*4-5,7-8H,3,6H2,1-2H3;6*(H2,2,3,4)/q12*+1;;;;;;/p-12. The molecule has 0 aliphatic rings. The van der Waals surface area contributed by atoms with Crippen molar-refractivity contribution >= 4 is 47.4 Å². The third-order valence-electron chi connectivity index (χ3n) is 18.5. The van der Waals surface area contributed by atoms with Crippen LogP contribution in [-0.2, 0) is 106 Å². The van der Waals surface area contributed by atoms with E-state index >= 15 is 0 Å². The molecule has 0 radical (unpaired) electrons. The van der Waals surface area contributed by atoms with E-state index < -0.39 is 47.4 Å². The topological polar surface area (TPSA) is 426 Å². The molecule has 0 saturated heterocycles. The molecule has 0 aliphatic carbocycles. The van der Waals surface area contributed by atoms with Crippen molar-refractivity contribution in [3.63, 3.8) is 0 Å². The van der Waals surface area contributed by atoms with Gasteiger partial charge in [-0.25, -0.2) is 80.0 Å². The Balaban J connectivity index is -0.000000368. The number of hydrogen-bond acceptors (Lipinski definition) is 18. The van der Waals surface area contributed by atoms with Crippen LogP contribution in [0.4, 0.5) is 25.2 Å². The van der Waals surface area contributed by atoms with Crippen LogP contribution in [0.15, 0.2) is 294 Å². The largest absolute Gasteiger partial charge is 0.786 e. The van der Waals surface area contributed by atoms with E-state index in [1.807, 2.05) is 0 Å². The van der Waals surface area contributed by atoms with Gasteiger partial charge in [0.2, 0.25) is 0 Å². The second-order valence-corrected chi connectivity index (χ2v) is 39.1. The van der Waals surface area contributed by atoms with Crippen LogP contribution in [0.5, 0.6) is 0 Å². The normalized spacial score (nSPS) is 10.2. The minimum absolute atomic E-state index is 1.13. The summed E-state index contributed by atoms with van der Waals surface area (Å²) < 4.78 is 138. The first-order valence-corrected chi connectivity index (χ1v) is 58.3. The summed E-state index contributed by atoms with van der Waals surface area (Å²) in [4.78, 5) is 101. The Labute approximate surface area is 891 Å². The summed E-state index contributed by atoms with van der Waals surface area (Å²) >= 11 is 0. The summed E-state index contributed by atoms with van der Waals surface area (Å²) in [5.41, 5.74) is 15.9. The van der Waals surface area contributed by atoms with Gasteiger partial charge in [-0.3, -0.25) is 0 Å². The predicted octanol–water partition coefficient (Wildman–Crippen LogP) is 13.0. The van der Waals surface area contributed by atoms with Crippen molar-refractivity contribution in [3.8, 4) is 0 Å². The molecule has 0 fully saturated rings. The monoisotopic (exact) mass is 2220 g/mol. The van der Waals surface area contributed by atoms with Gasteiger partial charge < -0.3 is 86.1 Å². The zero-order valence-electron chi connectivity index (χ0n) is 92.3. The van der Waals surface area contributed by atoms with E-state index in [1.54, 1.807) is 0 Å². The van der Waals surface area contributed by atoms with E-state index in [1.165, 1.54) is 144 Å². The summed E-state index contributed by atoms with van der Waals surface area (Å²) in [5.74, 6) is 0. The molecule has 0 atom stereocenters. The lowest BCUT2D eigenvalue weighted by atomic mass is 10.3. The van der Waals surface area contributed by atoms with Gasteiger partial charge >= 0.3 is 0 Å². The molecule has 150 heavy (non-hydrogen) atoms. The van der Waals surface area contributed by atoms with Crippen molar-refractivity contribution in [1.29, 1.82) is 0 Å². The third kappa shape index (κ3) is 122. The maximum Gasteiger partial charge on any atom is 0.169 e. The predicted molar refractivity (Wildman–Crippen MR) is 552 cm³/mol. The van der Waals surface area contributed by atoms with Crippen LogP contribution in [0.2, 0.25) is 0 Å². The van der Waals surface area contributed by atoms with E-state index in [9.17, 15) is 25.2 Å². The van der Waals surface area contributed by atoms with Gasteiger partial charge in [0.25, 0.3) is 0 Å². The van der Waals surface area contributed by atoms with Crippen LogP contribution in [0.3, 0.4) is 0 Å². The van der Waals surface area contributed by atoms with Crippen molar-refractivity contribution in [2.24, 2.45) is 0 Å². The Morgan fingerprint density at radius 2 is 0.180 bits per heavy atom. The van der Waals surface area contributed by atoms with Crippen LogP contribution in [0.25, 0.3) is 0 Å². The molecule has 0 aromatic carbocycles. The fourth-order valence-electron chi connectivity index (χ4n) is 11.3. The minimum atomic E-state index is -5.64. The lowest BCUT2D eigenvalue weighted by Crippen LogP contribution is -2.31. The maximum atomic E-state index is 10.1. The molecular weight excluding hydrogens is 2050 g/mol. The molecule has 0 saturated carbocycles. The van der Waals surface area contributed by atoms with Crippen LogP contribution in [0, 0.1) is 83.1 Å². The molecule has 0 unspecified atom stereocenters. The quantitative estimate of drug-likeness (QED) is 0.0308. The molecule has 12 heterocycles. The van der Waals surface area contributed by atoms with Gasteiger partial charge in [-0.05, 0) is 150 Å². The molecule has 42 heteroatoms. The average molecular weight is 2220 g/mol. The first-order chi connectivity index (χ1) is 69.9. The zero-order chi connectivity index (χ0) is 116. The SMILES string of the molecule is CCC[n+]1ccc(C)cc1.CCC[n+]1ccc(C)cc1.CCC[n+]1ccc(C)cc1.CCC[n+]1ccc(C)cc1.CCC[n+]1ccc(C)cc1.CCC[n+]1ccc(C)cc1.CCC[n+]1ccc(C)cc1.CCC[n+]1ccc(C)cc1.CCC[n+]1ccc(C)cc1.CCC[n+]1ccc(C)cc1.CCC[n+]1ccc(C)cc1.CCC[n+]1ccc(C)cc1.O=P([O-])([O-])F.O=P([O-])([O-])F.O=P([O-])([O-])F.O=P([O-])([O-])F.O=P([O-])([O-])F.O=P([O-])([O-])F. The number of aromatic nitrogens is 12. The number of aryl methyl sites for hydroxylation is 24. The molecule has 12 aromatic heterocycles. The van der Waals surface area contributed by atoms with Crippen LogP contribution < -0.4 is 114 Å². The first kappa shape index (κ1) is 151. The summed E-state index contributed by atoms with van der Waals surface area (Å²) in [6, 6.07) is 51.2. The highest BCUT2D eigenvalue weighted by Gasteiger charge is 2.05. The molecule has 0 bridgehead atoms. The van der Waals surface area contributed by atoms with Gasteiger partial charge in [0.05, 0.1) is 0 Å². The summed E-state index contributed by atoms with van der Waals surface area (Å²) in [5, 5.41) is 0. The summed E-state index contributed by atoms with van der Waals surface area (Å²) in [6.45, 7) is 65.0. The van der Waals surface area contributed by atoms with E-state index in [4.69, 9.17) is 86.1 Å². The van der Waals surface area contributed by atoms with E-state index in [0.717, 1.165) is 78.5 Å². The summed E-state index contributed by atoms with van der Waals surface area (Å²) in [6.07, 6.45) is 65.4. The van der Waals surface area contributed by atoms with Crippen LogP contribution >= 0.6 is 47.4 Å². The van der Waals surface area contributed by atoms with Crippen molar-refractivity contribution in [2.75, 3.05) is 0 Å². The highest BCUT2D eigenvalue weighted by atomic mass is 31.2. The Kier molecular flexibility index (Phi) is 92.4. The first-order valence-electron chi connectivity index (χ1n) is 49.7. The van der Waals surface area contributed by atoms with Gasteiger partial charge in [0.1, 0.15) is 126 Å². The van der Waals surface area contributed by atoms with Gasteiger partial charge in [-0.2, -0.15) is 0 Å². The zero-order valence-corrected chi connectivity index (χ0v) is 97.7. The van der Waals surface area contributed by atoms with Gasteiger partial charge in [-0.1, -0.05) is 83.1 Å². The number of rotatable bonds is 24. The molecule has 840 valence electrons. The van der Waals surface area contributed by atoms with Gasteiger partial charge in [0, 0.05) is 223 Å². The Morgan fingerprint density at radius 1 is 0.140 bits per heavy atom. The fraction of sp³-hybridized carbons (Fsp3) is 0.444. The smallest absolute Gasteiger partial charge is 0.169 e. The molecule has 0 aliphatic heterocycles. The number of pyridine rings is 12. The second-order valence-electron chi connectivity index (χ2n) is 33.9. The van der Waals surface area contributed by atoms with E-state index in [2.05, 4.69) is 515 Å². The van der Waals surface area contributed by atoms with E-state index in [0.29, 0.717) is 0 Å². The average Bonchev–Trinajstić information content (AvgIpc) is 0.990. The Hall–Kier alpha value is -9.72. The molecule has 0 N–H and O–H groups in total. The second kappa shape index (κ2) is 91.9. The number of halogens is 6. The van der Waals surface area contributed by atoms with Crippen LogP contribution in [0.1, 0.15) is 227 Å². The molecule has 12 rings (SSSR count). The lowest BCUT2D eigenvalue weighted by Gasteiger charge is -2.15. The van der Waals surface area contributed by atoms with Crippen molar-refractivity contribution in [1.82, 2.24) is 0 Å². The number of hydrogen-bond donors (Lipinski definition) is 0. The van der Waals surface area contributed by atoms with Gasteiger partial charge in [0.15, 0.2) is 149 Å². The third-order valence-corrected chi connectivity index (χ3v) is 18.5. The lowest BCUT2D eigenvalue weighted by molar-refractivity contribution is -0.697. The Bertz CT molecular complexity index is 4320. The fourth-order valence-corrected chi connectivity index (χ4v) is 11.3. The van der Waals surface area contributed by atoms with Crippen molar-refractivity contribution in [2.45, 2.75) is 322 Å². The Morgan fingerprint density at radius 3 is 0.213 bits per heavy atom. The van der Waals surface area contributed by atoms with E-state index in [-0.39, 0.29) is 0 Å². The molecule has 12 aromatic rings. The van der Waals surface area contributed by atoms with Crippen molar-refractivity contribution < 1.29 is 166 Å². The molecule has 0 spiro atoms. The van der Waals surface area contributed by atoms with Crippen molar-refractivity contribution in [3.05, 3.63) is 361 Å². The van der Waals surface area contributed by atoms with Crippen LogP contribution in [-0.4, -0.2) is 0 Å².